The number of hydrogen-bond donors (Lipinski definition) is 1. The summed E-state index contributed by atoms with van der Waals surface area (Å²) in [5.74, 6) is -1.41. The summed E-state index contributed by atoms with van der Waals surface area (Å²) in [6.07, 6.45) is -4.84. The smallest absolute Gasteiger partial charge is 0.465 e. The molecule has 4 rings (SSSR count). The second-order valence-electron chi connectivity index (χ2n) is 8.44. The Bertz CT molecular complexity index is 1540. The lowest BCUT2D eigenvalue weighted by molar-refractivity contribution is -0.274. The normalized spacial score (nSPS) is 12.0. The van der Waals surface area contributed by atoms with Gasteiger partial charge in [0.1, 0.15) is 17.5 Å². The Morgan fingerprint density at radius 3 is 2.42 bits per heavy atom. The summed E-state index contributed by atoms with van der Waals surface area (Å²) in [6, 6.07) is 20.5. The van der Waals surface area contributed by atoms with E-state index in [-0.39, 0.29) is 23.6 Å². The molecular formula is C28H22F3N3O4. The summed E-state index contributed by atoms with van der Waals surface area (Å²) < 4.78 is 48.5. The van der Waals surface area contributed by atoms with Crippen molar-refractivity contribution >= 4 is 22.8 Å². The molecule has 0 bridgehead atoms. The highest BCUT2D eigenvalue weighted by atomic mass is 19.4. The first kappa shape index (κ1) is 26.3. The molecule has 0 spiro atoms. The molecule has 1 heterocycles. The molecule has 0 saturated heterocycles. The molecule has 1 aromatic heterocycles. The zero-order chi connectivity index (χ0) is 27.4. The number of aromatic nitrogens is 1. The van der Waals surface area contributed by atoms with Gasteiger partial charge in [-0.3, -0.25) is 4.79 Å². The zero-order valence-electron chi connectivity index (χ0n) is 20.4. The lowest BCUT2D eigenvalue weighted by Gasteiger charge is -2.17. The van der Waals surface area contributed by atoms with Crippen LogP contribution >= 0.6 is 0 Å². The fourth-order valence-corrected chi connectivity index (χ4v) is 4.21. The van der Waals surface area contributed by atoms with Crippen molar-refractivity contribution in [1.82, 2.24) is 9.88 Å². The minimum atomic E-state index is -4.84. The molecule has 0 aliphatic heterocycles. The number of benzene rings is 3. The van der Waals surface area contributed by atoms with E-state index in [9.17, 15) is 28.0 Å². The molecule has 4 aromatic rings. The van der Waals surface area contributed by atoms with Crippen molar-refractivity contribution in [2.45, 2.75) is 25.9 Å². The van der Waals surface area contributed by atoms with Gasteiger partial charge >= 0.3 is 12.3 Å². The number of nitriles is 1. The first-order valence-corrected chi connectivity index (χ1v) is 11.5. The molecular weight excluding hydrogens is 499 g/mol. The summed E-state index contributed by atoms with van der Waals surface area (Å²) in [6.45, 7) is 1.77. The van der Waals surface area contributed by atoms with Gasteiger partial charge in [-0.15, -0.1) is 13.2 Å². The molecule has 0 saturated carbocycles. The Hall–Kier alpha value is -4.78. The molecule has 1 atom stereocenters. The summed E-state index contributed by atoms with van der Waals surface area (Å²) in [5.41, 5.74) is 2.31. The lowest BCUT2D eigenvalue weighted by atomic mass is 10.1. The quantitative estimate of drug-likeness (QED) is 0.313. The van der Waals surface area contributed by atoms with Gasteiger partial charge in [-0.05, 0) is 48.4 Å². The van der Waals surface area contributed by atoms with Crippen molar-refractivity contribution < 1.29 is 32.2 Å². The van der Waals surface area contributed by atoms with Gasteiger partial charge < -0.3 is 19.4 Å². The monoisotopic (exact) mass is 521 g/mol. The van der Waals surface area contributed by atoms with Gasteiger partial charge in [0.15, 0.2) is 0 Å². The van der Waals surface area contributed by atoms with Crippen LogP contribution in [0.5, 0.6) is 5.75 Å². The van der Waals surface area contributed by atoms with Crippen molar-refractivity contribution in [3.8, 4) is 11.8 Å². The Balaban J connectivity index is 1.69. The predicted octanol–water partition coefficient (Wildman–Crippen LogP) is 5.74. The molecule has 3 aromatic carbocycles. The van der Waals surface area contributed by atoms with Crippen molar-refractivity contribution in [2.24, 2.45) is 0 Å². The Morgan fingerprint density at radius 1 is 1.05 bits per heavy atom. The maximum absolute atomic E-state index is 13.5. The number of ether oxygens (including phenoxy) is 2. The summed E-state index contributed by atoms with van der Waals surface area (Å²) >= 11 is 0. The van der Waals surface area contributed by atoms with Gasteiger partial charge in [-0.25, -0.2) is 4.79 Å². The van der Waals surface area contributed by atoms with Crippen molar-refractivity contribution in [2.75, 3.05) is 7.11 Å². The number of esters is 1. The van der Waals surface area contributed by atoms with Crippen LogP contribution in [0.15, 0.2) is 72.8 Å². The van der Waals surface area contributed by atoms with Crippen LogP contribution in [0.4, 0.5) is 13.2 Å². The Kier molecular flexibility index (Phi) is 7.39. The predicted molar refractivity (Wildman–Crippen MR) is 133 cm³/mol. The average molecular weight is 521 g/mol. The lowest BCUT2D eigenvalue weighted by Crippen LogP contribution is -2.29. The van der Waals surface area contributed by atoms with Gasteiger partial charge in [0.05, 0.1) is 29.8 Å². The summed E-state index contributed by atoms with van der Waals surface area (Å²) in [7, 11) is 1.28. The maximum atomic E-state index is 13.5. The minimum absolute atomic E-state index is 0.0161. The third-order valence-electron chi connectivity index (χ3n) is 5.95. The van der Waals surface area contributed by atoms with Crippen LogP contribution < -0.4 is 10.1 Å². The Labute approximate surface area is 216 Å². The highest BCUT2D eigenvalue weighted by molar-refractivity contribution is 6.03. The minimum Gasteiger partial charge on any atom is -0.465 e. The molecule has 1 amide bonds. The third kappa shape index (κ3) is 5.62. The van der Waals surface area contributed by atoms with E-state index in [1.807, 2.05) is 0 Å². The highest BCUT2D eigenvalue weighted by Crippen LogP contribution is 2.29. The molecule has 1 N–H and O–H groups in total. The standard InChI is InChI=1S/C28H22F3N3O4/c1-17(19-10-12-20(13-11-19)27(36)37-2)33-26(35)25-23(15-32)22-8-3-4-9-24(22)34(25)16-18-6-5-7-21(14-18)38-28(29,30)31/h3-14,17H,16H2,1-2H3,(H,33,35). The molecule has 10 heteroatoms. The van der Waals surface area contributed by atoms with Crippen LogP contribution in [-0.4, -0.2) is 29.9 Å². The molecule has 0 aliphatic carbocycles. The van der Waals surface area contributed by atoms with Gasteiger partial charge in [-0.1, -0.05) is 42.5 Å². The van der Waals surface area contributed by atoms with Crippen LogP contribution in [-0.2, 0) is 11.3 Å². The number of methoxy groups -OCH3 is 1. The van der Waals surface area contributed by atoms with Crippen molar-refractivity contribution in [3.05, 3.63) is 101 Å². The molecule has 0 fully saturated rings. The van der Waals surface area contributed by atoms with Crippen molar-refractivity contribution in [3.63, 3.8) is 0 Å². The van der Waals surface area contributed by atoms with Crippen LogP contribution in [0.25, 0.3) is 10.9 Å². The number of alkyl halides is 3. The second kappa shape index (κ2) is 10.7. The first-order chi connectivity index (χ1) is 18.1. The van der Waals surface area contributed by atoms with Crippen LogP contribution in [0.1, 0.15) is 50.5 Å². The van der Waals surface area contributed by atoms with Crippen LogP contribution in [0.2, 0.25) is 0 Å². The SMILES string of the molecule is COC(=O)c1ccc(C(C)NC(=O)c2c(C#N)c3ccccc3n2Cc2cccc(OC(F)(F)F)c2)cc1. The van der Waals surface area contributed by atoms with E-state index in [2.05, 4.69) is 16.1 Å². The van der Waals surface area contributed by atoms with Gasteiger partial charge in [0.2, 0.25) is 0 Å². The number of rotatable bonds is 7. The average Bonchev–Trinajstić information content (AvgIpc) is 3.20. The fourth-order valence-electron chi connectivity index (χ4n) is 4.21. The number of halogens is 3. The molecule has 38 heavy (non-hydrogen) atoms. The van der Waals surface area contributed by atoms with E-state index in [0.717, 1.165) is 0 Å². The number of nitrogens with zero attached hydrogens (tertiary/aromatic N) is 2. The number of para-hydroxylation sites is 1. The molecule has 0 radical (unpaired) electrons. The van der Waals surface area contributed by atoms with Crippen LogP contribution in [0.3, 0.4) is 0 Å². The van der Waals surface area contributed by atoms with E-state index in [4.69, 9.17) is 4.74 Å². The zero-order valence-corrected chi connectivity index (χ0v) is 20.4. The second-order valence-corrected chi connectivity index (χ2v) is 8.44. The number of carbonyl (C=O) groups is 2. The van der Waals surface area contributed by atoms with E-state index in [1.165, 1.54) is 25.3 Å². The topological polar surface area (TPSA) is 93.4 Å². The number of nitrogens with one attached hydrogen (secondary N) is 1. The van der Waals surface area contributed by atoms with Gasteiger partial charge in [0, 0.05) is 11.9 Å². The number of fused-ring (bicyclic) bond motifs is 1. The van der Waals surface area contributed by atoms with Crippen molar-refractivity contribution in [1.29, 1.82) is 5.26 Å². The maximum Gasteiger partial charge on any atom is 0.573 e. The molecule has 194 valence electrons. The van der Waals surface area contributed by atoms with E-state index >= 15 is 0 Å². The third-order valence-corrected chi connectivity index (χ3v) is 5.95. The first-order valence-electron chi connectivity index (χ1n) is 11.5. The van der Waals surface area contributed by atoms with Gasteiger partial charge in [-0.2, -0.15) is 5.26 Å². The van der Waals surface area contributed by atoms with Gasteiger partial charge in [0.25, 0.3) is 5.91 Å². The summed E-state index contributed by atoms with van der Waals surface area (Å²) in [5, 5.41) is 13.4. The van der Waals surface area contributed by atoms with Crippen LogP contribution in [0, 0.1) is 11.3 Å². The number of carbonyl (C=O) groups excluding carboxylic acids is 2. The highest BCUT2D eigenvalue weighted by Gasteiger charge is 2.31. The Morgan fingerprint density at radius 2 is 1.76 bits per heavy atom. The number of amides is 1. The molecule has 1 unspecified atom stereocenters. The number of hydrogen-bond acceptors (Lipinski definition) is 5. The summed E-state index contributed by atoms with van der Waals surface area (Å²) in [4.78, 5) is 25.2. The van der Waals surface area contributed by atoms with E-state index in [0.29, 0.717) is 27.6 Å². The van der Waals surface area contributed by atoms with E-state index in [1.54, 1.807) is 66.1 Å². The molecule has 0 aliphatic rings. The largest absolute Gasteiger partial charge is 0.573 e. The fraction of sp³-hybridized carbons (Fsp3) is 0.179. The van der Waals surface area contributed by atoms with E-state index < -0.39 is 24.3 Å². The molecule has 7 nitrogen and oxygen atoms in total.